The Morgan fingerprint density at radius 1 is 1.26 bits per heavy atom. The van der Waals surface area contributed by atoms with Crippen LogP contribution in [0.25, 0.3) is 0 Å². The molecule has 0 aliphatic heterocycles. The maximum atomic E-state index is 5.52. The van der Waals surface area contributed by atoms with Crippen LogP contribution in [0.4, 0.5) is 0 Å². The minimum atomic E-state index is 0.347. The van der Waals surface area contributed by atoms with E-state index in [-0.39, 0.29) is 0 Å². The summed E-state index contributed by atoms with van der Waals surface area (Å²) in [6, 6.07) is 11.5. The number of nitrogens with zero attached hydrogens (tertiary/aromatic N) is 1. The molecule has 0 bridgehead atoms. The smallest absolute Gasteiger partial charge is 0.0604 e. The average Bonchev–Trinajstić information content (AvgIpc) is 2.40. The van der Waals surface area contributed by atoms with Crippen LogP contribution in [0.1, 0.15) is 38.8 Å². The molecule has 0 saturated carbocycles. The van der Waals surface area contributed by atoms with Crippen LogP contribution in [0.5, 0.6) is 0 Å². The molecule has 0 aromatic heterocycles. The zero-order valence-electron chi connectivity index (χ0n) is 12.4. The lowest BCUT2D eigenvalue weighted by Gasteiger charge is -2.31. The third-order valence-corrected chi connectivity index (χ3v) is 3.15. The van der Waals surface area contributed by atoms with Gasteiger partial charge in [-0.15, -0.1) is 6.42 Å². The molecule has 0 aliphatic carbocycles. The van der Waals surface area contributed by atoms with Crippen LogP contribution in [0.3, 0.4) is 0 Å². The molecule has 0 saturated heterocycles. The van der Waals surface area contributed by atoms with Gasteiger partial charge in [0.05, 0.1) is 6.54 Å². The van der Waals surface area contributed by atoms with Crippen LogP contribution in [0, 0.1) is 12.3 Å². The molecular formula is C17H26N2. The second-order valence-electron chi connectivity index (χ2n) is 5.16. The van der Waals surface area contributed by atoms with Crippen LogP contribution in [0.2, 0.25) is 0 Å². The zero-order chi connectivity index (χ0) is 14.1. The molecule has 0 amide bonds. The van der Waals surface area contributed by atoms with Gasteiger partial charge in [0.15, 0.2) is 0 Å². The van der Waals surface area contributed by atoms with Gasteiger partial charge in [-0.1, -0.05) is 57.0 Å². The summed E-state index contributed by atoms with van der Waals surface area (Å²) in [5, 5.41) is 3.53. The summed E-state index contributed by atoms with van der Waals surface area (Å²) in [5.74, 6) is 2.79. The monoisotopic (exact) mass is 258 g/mol. The molecule has 19 heavy (non-hydrogen) atoms. The molecule has 1 rings (SSSR count). The second-order valence-corrected chi connectivity index (χ2v) is 5.16. The summed E-state index contributed by atoms with van der Waals surface area (Å²) in [4.78, 5) is 2.38. The number of hydrogen-bond donors (Lipinski definition) is 1. The second kappa shape index (κ2) is 8.74. The van der Waals surface area contributed by atoms with Gasteiger partial charge in [0.25, 0.3) is 0 Å². The van der Waals surface area contributed by atoms with Crippen molar-refractivity contribution in [2.45, 2.75) is 39.3 Å². The lowest BCUT2D eigenvalue weighted by molar-refractivity contribution is 0.214. The molecule has 2 nitrogen and oxygen atoms in total. The van der Waals surface area contributed by atoms with Crippen molar-refractivity contribution in [3.05, 3.63) is 35.9 Å². The number of nitrogens with one attached hydrogen (secondary N) is 1. The first-order valence-electron chi connectivity index (χ1n) is 7.14. The Labute approximate surface area is 118 Å². The van der Waals surface area contributed by atoms with Gasteiger partial charge in [0.2, 0.25) is 0 Å². The van der Waals surface area contributed by atoms with Crippen molar-refractivity contribution in [1.29, 1.82) is 0 Å². The normalized spacial score (nSPS) is 12.6. The summed E-state index contributed by atoms with van der Waals surface area (Å²) >= 11 is 0. The Morgan fingerprint density at radius 3 is 2.47 bits per heavy atom. The van der Waals surface area contributed by atoms with Crippen LogP contribution in [-0.4, -0.2) is 30.6 Å². The van der Waals surface area contributed by atoms with Crippen molar-refractivity contribution in [3.63, 3.8) is 0 Å². The van der Waals surface area contributed by atoms with Gasteiger partial charge in [-0.05, 0) is 18.5 Å². The Kier molecular flexibility index (Phi) is 7.25. The van der Waals surface area contributed by atoms with Crippen molar-refractivity contribution < 1.29 is 0 Å². The van der Waals surface area contributed by atoms with Gasteiger partial charge >= 0.3 is 0 Å². The summed E-state index contributed by atoms with van der Waals surface area (Å²) in [6.45, 7) is 9.21. The molecule has 1 N–H and O–H groups in total. The van der Waals surface area contributed by atoms with Crippen LogP contribution in [-0.2, 0) is 0 Å². The molecule has 104 valence electrons. The summed E-state index contributed by atoms with van der Waals surface area (Å²) < 4.78 is 0. The topological polar surface area (TPSA) is 15.3 Å². The van der Waals surface area contributed by atoms with Crippen molar-refractivity contribution in [3.8, 4) is 12.3 Å². The van der Waals surface area contributed by atoms with Gasteiger partial charge in [-0.25, -0.2) is 0 Å². The summed E-state index contributed by atoms with van der Waals surface area (Å²) in [7, 11) is 0. The first-order chi connectivity index (χ1) is 9.19. The standard InChI is InChI=1S/C17H26N2/c1-5-12-19(13-6-2)17(14-18-15(3)4)16-10-8-7-9-11-16/h1,7-11,15,17-18H,6,12-14H2,2-4H3. The van der Waals surface area contributed by atoms with Crippen molar-refractivity contribution >= 4 is 0 Å². The van der Waals surface area contributed by atoms with E-state index in [9.17, 15) is 0 Å². The number of benzene rings is 1. The highest BCUT2D eigenvalue weighted by atomic mass is 15.2. The van der Waals surface area contributed by atoms with Crippen molar-refractivity contribution in [2.24, 2.45) is 0 Å². The number of rotatable bonds is 8. The molecule has 2 heteroatoms. The molecule has 1 aromatic rings. The van der Waals surface area contributed by atoms with E-state index >= 15 is 0 Å². The van der Waals surface area contributed by atoms with E-state index in [4.69, 9.17) is 6.42 Å². The fourth-order valence-corrected chi connectivity index (χ4v) is 2.23. The van der Waals surface area contributed by atoms with Crippen LogP contribution < -0.4 is 5.32 Å². The van der Waals surface area contributed by atoms with E-state index in [2.05, 4.69) is 67.2 Å². The van der Waals surface area contributed by atoms with Gasteiger partial charge in [-0.3, -0.25) is 4.90 Å². The zero-order valence-corrected chi connectivity index (χ0v) is 12.4. The van der Waals surface area contributed by atoms with Gasteiger partial charge in [-0.2, -0.15) is 0 Å². The predicted molar refractivity (Wildman–Crippen MR) is 83.0 cm³/mol. The van der Waals surface area contributed by atoms with E-state index in [1.54, 1.807) is 0 Å². The molecule has 1 unspecified atom stereocenters. The largest absolute Gasteiger partial charge is 0.313 e. The SMILES string of the molecule is C#CCN(CCC)C(CNC(C)C)c1ccccc1. The highest BCUT2D eigenvalue weighted by Gasteiger charge is 2.18. The molecule has 0 radical (unpaired) electrons. The Balaban J connectivity index is 2.86. The van der Waals surface area contributed by atoms with Gasteiger partial charge in [0.1, 0.15) is 0 Å². The van der Waals surface area contributed by atoms with Gasteiger partial charge in [0, 0.05) is 18.6 Å². The van der Waals surface area contributed by atoms with E-state index in [0.29, 0.717) is 18.6 Å². The third kappa shape index (κ3) is 5.46. The Hall–Kier alpha value is -1.30. The van der Waals surface area contributed by atoms with Crippen LogP contribution >= 0.6 is 0 Å². The highest BCUT2D eigenvalue weighted by molar-refractivity contribution is 5.20. The quantitative estimate of drug-likeness (QED) is 0.721. The molecule has 0 aliphatic rings. The number of hydrogen-bond acceptors (Lipinski definition) is 2. The first-order valence-corrected chi connectivity index (χ1v) is 7.14. The molecule has 0 spiro atoms. The minimum Gasteiger partial charge on any atom is -0.313 e. The summed E-state index contributed by atoms with van der Waals surface area (Å²) in [6.07, 6.45) is 6.64. The maximum Gasteiger partial charge on any atom is 0.0604 e. The van der Waals surface area contributed by atoms with Crippen molar-refractivity contribution in [2.75, 3.05) is 19.6 Å². The fraction of sp³-hybridized carbons (Fsp3) is 0.529. The third-order valence-electron chi connectivity index (χ3n) is 3.15. The Morgan fingerprint density at radius 2 is 1.95 bits per heavy atom. The molecule has 0 fully saturated rings. The lowest BCUT2D eigenvalue weighted by atomic mass is 10.0. The number of terminal acetylenes is 1. The van der Waals surface area contributed by atoms with Gasteiger partial charge < -0.3 is 5.32 Å². The molecule has 1 atom stereocenters. The lowest BCUT2D eigenvalue weighted by Crippen LogP contribution is -2.38. The van der Waals surface area contributed by atoms with Crippen molar-refractivity contribution in [1.82, 2.24) is 10.2 Å². The van der Waals surface area contributed by atoms with E-state index in [1.807, 2.05) is 0 Å². The van der Waals surface area contributed by atoms with E-state index < -0.39 is 0 Å². The molecular weight excluding hydrogens is 232 g/mol. The first kappa shape index (κ1) is 15.8. The Bertz CT molecular complexity index is 378. The predicted octanol–water partition coefficient (Wildman–Crippen LogP) is 3.07. The maximum absolute atomic E-state index is 5.52. The molecule has 1 aromatic carbocycles. The van der Waals surface area contributed by atoms with Crippen LogP contribution in [0.15, 0.2) is 30.3 Å². The highest BCUT2D eigenvalue weighted by Crippen LogP contribution is 2.20. The summed E-state index contributed by atoms with van der Waals surface area (Å²) in [5.41, 5.74) is 1.33. The molecule has 0 heterocycles. The van der Waals surface area contributed by atoms with E-state index in [0.717, 1.165) is 19.5 Å². The fourth-order valence-electron chi connectivity index (χ4n) is 2.23. The van der Waals surface area contributed by atoms with E-state index in [1.165, 1.54) is 5.56 Å². The minimum absolute atomic E-state index is 0.347. The average molecular weight is 258 g/mol.